The Morgan fingerprint density at radius 2 is 1.61 bits per heavy atom. The fourth-order valence-electron chi connectivity index (χ4n) is 2.14. The van der Waals surface area contributed by atoms with Crippen LogP contribution in [0.2, 0.25) is 0 Å². The normalized spacial score (nSPS) is 10.1. The molecule has 0 unspecified atom stereocenters. The fraction of sp³-hybridized carbons (Fsp3) is 0.235. The van der Waals surface area contributed by atoms with E-state index in [1.165, 1.54) is 45.6 Å². The molecule has 0 heterocycles. The van der Waals surface area contributed by atoms with Crippen molar-refractivity contribution in [2.45, 2.75) is 6.92 Å². The van der Waals surface area contributed by atoms with Gasteiger partial charge in [0.2, 0.25) is 5.75 Å². The molecule has 0 aliphatic carbocycles. The van der Waals surface area contributed by atoms with Crippen LogP contribution in [-0.4, -0.2) is 27.2 Å². The highest BCUT2D eigenvalue weighted by Gasteiger charge is 2.17. The zero-order chi connectivity index (χ0) is 17.0. The van der Waals surface area contributed by atoms with Crippen molar-refractivity contribution in [3.8, 4) is 17.2 Å². The van der Waals surface area contributed by atoms with Crippen molar-refractivity contribution < 1.29 is 23.4 Å². The first kappa shape index (κ1) is 16.6. The fourth-order valence-corrected chi connectivity index (χ4v) is 2.14. The van der Waals surface area contributed by atoms with E-state index in [2.05, 4.69) is 5.32 Å². The van der Waals surface area contributed by atoms with E-state index in [1.807, 2.05) is 0 Å². The Labute approximate surface area is 134 Å². The lowest BCUT2D eigenvalue weighted by Crippen LogP contribution is -2.13. The van der Waals surface area contributed by atoms with Gasteiger partial charge in [0.05, 0.1) is 21.3 Å². The van der Waals surface area contributed by atoms with Crippen LogP contribution in [0.1, 0.15) is 15.9 Å². The molecule has 2 aromatic rings. The Kier molecular flexibility index (Phi) is 5.05. The monoisotopic (exact) mass is 319 g/mol. The van der Waals surface area contributed by atoms with E-state index in [0.717, 1.165) is 5.56 Å². The maximum absolute atomic E-state index is 13.3. The first-order chi connectivity index (χ1) is 11.0. The number of halogens is 1. The van der Waals surface area contributed by atoms with Crippen LogP contribution < -0.4 is 19.5 Å². The molecular formula is C17H18FNO4. The summed E-state index contributed by atoms with van der Waals surface area (Å²) in [4.78, 5) is 12.4. The van der Waals surface area contributed by atoms with Gasteiger partial charge in [0.15, 0.2) is 11.5 Å². The number of amides is 1. The number of aryl methyl sites for hydroxylation is 1. The molecule has 0 atom stereocenters. The quantitative estimate of drug-likeness (QED) is 0.917. The van der Waals surface area contributed by atoms with Crippen molar-refractivity contribution >= 4 is 11.6 Å². The Hall–Kier alpha value is -2.76. The number of nitrogens with one attached hydrogen (secondary N) is 1. The van der Waals surface area contributed by atoms with Crippen LogP contribution in [0.5, 0.6) is 17.2 Å². The highest BCUT2D eigenvalue weighted by molar-refractivity contribution is 6.05. The van der Waals surface area contributed by atoms with Gasteiger partial charge < -0.3 is 19.5 Å². The number of ether oxygens (including phenoxy) is 3. The van der Waals surface area contributed by atoms with Gasteiger partial charge in [0.25, 0.3) is 5.91 Å². The van der Waals surface area contributed by atoms with Gasteiger partial charge in [-0.2, -0.15) is 0 Å². The van der Waals surface area contributed by atoms with Crippen LogP contribution in [0.25, 0.3) is 0 Å². The molecule has 0 aromatic heterocycles. The number of methoxy groups -OCH3 is 3. The number of carbonyl (C=O) groups excluding carboxylic acids is 1. The van der Waals surface area contributed by atoms with E-state index >= 15 is 0 Å². The first-order valence-electron chi connectivity index (χ1n) is 6.87. The molecule has 122 valence electrons. The largest absolute Gasteiger partial charge is 0.493 e. The summed E-state index contributed by atoms with van der Waals surface area (Å²) in [7, 11) is 4.42. The zero-order valence-electron chi connectivity index (χ0n) is 13.4. The van der Waals surface area contributed by atoms with Crippen molar-refractivity contribution in [2.75, 3.05) is 26.6 Å². The standard InChI is InChI=1S/C17H18FNO4/c1-10-5-6-12(18)9-13(10)19-17(20)11-7-14(21-2)16(23-4)15(8-11)22-3/h5-9H,1-4H3,(H,19,20). The highest BCUT2D eigenvalue weighted by atomic mass is 19.1. The van der Waals surface area contributed by atoms with Gasteiger partial charge in [-0.25, -0.2) is 4.39 Å². The highest BCUT2D eigenvalue weighted by Crippen LogP contribution is 2.38. The van der Waals surface area contributed by atoms with E-state index in [9.17, 15) is 9.18 Å². The lowest BCUT2D eigenvalue weighted by Gasteiger charge is -2.14. The van der Waals surface area contributed by atoms with Crippen LogP contribution in [-0.2, 0) is 0 Å². The van der Waals surface area contributed by atoms with Gasteiger partial charge >= 0.3 is 0 Å². The lowest BCUT2D eigenvalue weighted by molar-refractivity contribution is 0.102. The summed E-state index contributed by atoms with van der Waals surface area (Å²) in [5, 5.41) is 2.68. The Bertz CT molecular complexity index is 706. The van der Waals surface area contributed by atoms with Crippen molar-refractivity contribution in [3.63, 3.8) is 0 Å². The maximum Gasteiger partial charge on any atom is 0.255 e. The molecule has 0 saturated heterocycles. The van der Waals surface area contributed by atoms with Crippen molar-refractivity contribution in [1.29, 1.82) is 0 Å². The second-order valence-corrected chi connectivity index (χ2v) is 4.83. The predicted molar refractivity (Wildman–Crippen MR) is 85.2 cm³/mol. The minimum atomic E-state index is -0.421. The SMILES string of the molecule is COc1cc(C(=O)Nc2cc(F)ccc2C)cc(OC)c1OC. The molecule has 5 nitrogen and oxygen atoms in total. The molecule has 0 saturated carbocycles. The van der Waals surface area contributed by atoms with E-state index in [1.54, 1.807) is 13.0 Å². The minimum absolute atomic E-state index is 0.308. The number of hydrogen-bond donors (Lipinski definition) is 1. The van der Waals surface area contributed by atoms with Gasteiger partial charge in [-0.1, -0.05) is 6.07 Å². The van der Waals surface area contributed by atoms with Gasteiger partial charge in [0, 0.05) is 11.3 Å². The predicted octanol–water partition coefficient (Wildman–Crippen LogP) is 3.41. The molecule has 0 spiro atoms. The smallest absolute Gasteiger partial charge is 0.255 e. The number of hydrogen-bond acceptors (Lipinski definition) is 4. The molecular weight excluding hydrogens is 301 g/mol. The third-order valence-electron chi connectivity index (χ3n) is 3.37. The summed E-state index contributed by atoms with van der Waals surface area (Å²) in [6.07, 6.45) is 0. The number of benzene rings is 2. The molecule has 0 aliphatic rings. The molecule has 0 bridgehead atoms. The lowest BCUT2D eigenvalue weighted by atomic mass is 10.1. The Morgan fingerprint density at radius 1 is 1.00 bits per heavy atom. The van der Waals surface area contributed by atoms with Crippen LogP contribution >= 0.6 is 0 Å². The number of rotatable bonds is 5. The van der Waals surface area contributed by atoms with Crippen molar-refractivity contribution in [3.05, 3.63) is 47.3 Å². The number of anilines is 1. The van der Waals surface area contributed by atoms with Crippen molar-refractivity contribution in [1.82, 2.24) is 0 Å². The summed E-state index contributed by atoms with van der Waals surface area (Å²) >= 11 is 0. The van der Waals surface area contributed by atoms with E-state index in [-0.39, 0.29) is 0 Å². The molecule has 23 heavy (non-hydrogen) atoms. The summed E-state index contributed by atoms with van der Waals surface area (Å²) < 4.78 is 29.0. The van der Waals surface area contributed by atoms with Crippen LogP contribution in [0.4, 0.5) is 10.1 Å². The molecule has 2 aromatic carbocycles. The molecule has 0 aliphatic heterocycles. The minimum Gasteiger partial charge on any atom is -0.493 e. The van der Waals surface area contributed by atoms with Crippen LogP contribution in [0, 0.1) is 12.7 Å². The molecule has 2 rings (SSSR count). The Balaban J connectivity index is 2.37. The molecule has 0 radical (unpaired) electrons. The number of carbonyl (C=O) groups is 1. The molecule has 0 fully saturated rings. The van der Waals surface area contributed by atoms with E-state index in [4.69, 9.17) is 14.2 Å². The van der Waals surface area contributed by atoms with Crippen LogP contribution in [0.15, 0.2) is 30.3 Å². The van der Waals surface area contributed by atoms with Gasteiger partial charge in [0.1, 0.15) is 5.82 Å². The summed E-state index contributed by atoms with van der Waals surface area (Å²) in [5.41, 5.74) is 1.47. The zero-order valence-corrected chi connectivity index (χ0v) is 13.4. The summed E-state index contributed by atoms with van der Waals surface area (Å²) in [6, 6.07) is 7.27. The molecule has 1 amide bonds. The van der Waals surface area contributed by atoms with E-state index in [0.29, 0.717) is 28.5 Å². The molecule has 6 heteroatoms. The topological polar surface area (TPSA) is 56.8 Å². The maximum atomic E-state index is 13.3. The Morgan fingerprint density at radius 3 is 2.13 bits per heavy atom. The average Bonchev–Trinajstić information content (AvgIpc) is 2.56. The third kappa shape index (κ3) is 3.53. The summed E-state index contributed by atoms with van der Waals surface area (Å²) in [5.74, 6) is 0.308. The van der Waals surface area contributed by atoms with Gasteiger partial charge in [-0.3, -0.25) is 4.79 Å². The molecule has 1 N–H and O–H groups in total. The van der Waals surface area contributed by atoms with E-state index < -0.39 is 11.7 Å². The van der Waals surface area contributed by atoms with Gasteiger partial charge in [-0.05, 0) is 36.8 Å². The van der Waals surface area contributed by atoms with Crippen molar-refractivity contribution in [2.24, 2.45) is 0 Å². The average molecular weight is 319 g/mol. The second-order valence-electron chi connectivity index (χ2n) is 4.83. The summed E-state index contributed by atoms with van der Waals surface area (Å²) in [6.45, 7) is 1.78. The third-order valence-corrected chi connectivity index (χ3v) is 3.37. The van der Waals surface area contributed by atoms with Crippen LogP contribution in [0.3, 0.4) is 0 Å². The second kappa shape index (κ2) is 7.00. The van der Waals surface area contributed by atoms with Gasteiger partial charge in [-0.15, -0.1) is 0 Å². The first-order valence-corrected chi connectivity index (χ1v) is 6.87.